The summed E-state index contributed by atoms with van der Waals surface area (Å²) < 4.78 is 22.5. The molecule has 0 amide bonds. The van der Waals surface area contributed by atoms with Gasteiger partial charge in [-0.3, -0.25) is 0 Å². The predicted molar refractivity (Wildman–Crippen MR) is 73.9 cm³/mol. The molecule has 5 nitrogen and oxygen atoms in total. The predicted octanol–water partition coefficient (Wildman–Crippen LogP) is 1.59. The molecule has 1 aromatic carbocycles. The summed E-state index contributed by atoms with van der Waals surface area (Å²) in [4.78, 5) is 1.16. The average Bonchev–Trinajstić information content (AvgIpc) is 2.77. The van der Waals surface area contributed by atoms with Crippen molar-refractivity contribution in [2.24, 2.45) is 5.14 Å². The molecule has 0 spiro atoms. The van der Waals surface area contributed by atoms with Crippen LogP contribution in [0.3, 0.4) is 0 Å². The fourth-order valence-corrected chi connectivity index (χ4v) is 2.73. The molecule has 5 N–H and O–H groups in total. The molecule has 0 atom stereocenters. The minimum Gasteiger partial charge on any atom is -0.399 e. The quantitative estimate of drug-likeness (QED) is 0.742. The Labute approximate surface area is 109 Å². The van der Waals surface area contributed by atoms with E-state index in [0.717, 1.165) is 4.88 Å². The van der Waals surface area contributed by atoms with E-state index in [0.29, 0.717) is 17.9 Å². The van der Waals surface area contributed by atoms with Gasteiger partial charge in [-0.2, -0.15) is 0 Å². The lowest BCUT2D eigenvalue weighted by atomic mass is 10.3. The Bertz CT molecular complexity index is 636. The van der Waals surface area contributed by atoms with Crippen molar-refractivity contribution in [1.82, 2.24) is 0 Å². The molecule has 2 aromatic rings. The van der Waals surface area contributed by atoms with E-state index in [9.17, 15) is 8.42 Å². The van der Waals surface area contributed by atoms with Crippen molar-refractivity contribution >= 4 is 32.7 Å². The van der Waals surface area contributed by atoms with E-state index in [1.807, 2.05) is 17.5 Å². The van der Waals surface area contributed by atoms with Gasteiger partial charge in [-0.1, -0.05) is 6.07 Å². The Morgan fingerprint density at radius 1 is 1.28 bits per heavy atom. The summed E-state index contributed by atoms with van der Waals surface area (Å²) in [5.74, 6) is 0. The highest BCUT2D eigenvalue weighted by atomic mass is 32.2. The standard InChI is InChI=1S/C11H13N3O2S2/c12-8-4-9(6-11(5-8)18(13,15)16)14-7-10-2-1-3-17-10/h1-6,14H,7,12H2,(H2,13,15,16). The largest absolute Gasteiger partial charge is 0.399 e. The lowest BCUT2D eigenvalue weighted by Gasteiger charge is -2.08. The van der Waals surface area contributed by atoms with Crippen LogP contribution in [0.5, 0.6) is 0 Å². The summed E-state index contributed by atoms with van der Waals surface area (Å²) in [6.07, 6.45) is 0. The first-order valence-electron chi connectivity index (χ1n) is 5.15. The molecule has 0 saturated heterocycles. The van der Waals surface area contributed by atoms with Crippen LogP contribution in [0.2, 0.25) is 0 Å². The van der Waals surface area contributed by atoms with E-state index in [1.54, 1.807) is 17.4 Å². The lowest BCUT2D eigenvalue weighted by molar-refractivity contribution is 0.598. The second kappa shape index (κ2) is 4.97. The van der Waals surface area contributed by atoms with Gasteiger partial charge in [-0.15, -0.1) is 11.3 Å². The summed E-state index contributed by atoms with van der Waals surface area (Å²) in [5.41, 5.74) is 6.64. The zero-order chi connectivity index (χ0) is 13.2. The smallest absolute Gasteiger partial charge is 0.238 e. The lowest BCUT2D eigenvalue weighted by Crippen LogP contribution is -2.13. The van der Waals surface area contributed by atoms with Crippen molar-refractivity contribution < 1.29 is 8.42 Å². The molecular weight excluding hydrogens is 270 g/mol. The maximum Gasteiger partial charge on any atom is 0.238 e. The van der Waals surface area contributed by atoms with Gasteiger partial charge >= 0.3 is 0 Å². The molecule has 18 heavy (non-hydrogen) atoms. The second-order valence-electron chi connectivity index (χ2n) is 3.77. The van der Waals surface area contributed by atoms with E-state index in [1.165, 1.54) is 12.1 Å². The second-order valence-corrected chi connectivity index (χ2v) is 6.36. The summed E-state index contributed by atoms with van der Waals surface area (Å²) in [6, 6.07) is 8.43. The minimum atomic E-state index is -3.74. The molecule has 1 aromatic heterocycles. The maximum atomic E-state index is 11.3. The number of sulfonamides is 1. The first-order chi connectivity index (χ1) is 8.45. The van der Waals surface area contributed by atoms with Crippen molar-refractivity contribution in [3.63, 3.8) is 0 Å². The van der Waals surface area contributed by atoms with E-state index in [2.05, 4.69) is 5.32 Å². The van der Waals surface area contributed by atoms with Crippen LogP contribution in [0.25, 0.3) is 0 Å². The number of rotatable bonds is 4. The highest BCUT2D eigenvalue weighted by Crippen LogP contribution is 2.20. The molecule has 0 bridgehead atoms. The number of primary sulfonamides is 1. The first-order valence-corrected chi connectivity index (χ1v) is 7.57. The van der Waals surface area contributed by atoms with Crippen LogP contribution in [-0.2, 0) is 16.6 Å². The zero-order valence-corrected chi connectivity index (χ0v) is 11.1. The zero-order valence-electron chi connectivity index (χ0n) is 9.46. The minimum absolute atomic E-state index is 0.0104. The number of anilines is 2. The van der Waals surface area contributed by atoms with Crippen LogP contribution in [0, 0.1) is 0 Å². The molecule has 0 aliphatic carbocycles. The third-order valence-electron chi connectivity index (χ3n) is 2.30. The summed E-state index contributed by atoms with van der Waals surface area (Å²) >= 11 is 1.62. The van der Waals surface area contributed by atoms with Crippen molar-refractivity contribution in [2.45, 2.75) is 11.4 Å². The fourth-order valence-electron chi connectivity index (χ4n) is 1.49. The monoisotopic (exact) mass is 283 g/mol. The molecule has 0 fully saturated rings. The van der Waals surface area contributed by atoms with E-state index >= 15 is 0 Å². The van der Waals surface area contributed by atoms with Gasteiger partial charge in [0.05, 0.1) is 4.90 Å². The fraction of sp³-hybridized carbons (Fsp3) is 0.0909. The topological polar surface area (TPSA) is 98.2 Å². The maximum absolute atomic E-state index is 11.3. The van der Waals surface area contributed by atoms with Crippen molar-refractivity contribution in [3.05, 3.63) is 40.6 Å². The normalized spacial score (nSPS) is 11.4. The van der Waals surface area contributed by atoms with Gasteiger partial charge < -0.3 is 11.1 Å². The first kappa shape index (κ1) is 12.9. The van der Waals surface area contributed by atoms with Gasteiger partial charge in [0.1, 0.15) is 0 Å². The number of nitrogens with one attached hydrogen (secondary N) is 1. The van der Waals surface area contributed by atoms with Gasteiger partial charge in [0.15, 0.2) is 0 Å². The summed E-state index contributed by atoms with van der Waals surface area (Å²) in [7, 11) is -3.74. The average molecular weight is 283 g/mol. The number of benzene rings is 1. The van der Waals surface area contributed by atoms with Crippen LogP contribution >= 0.6 is 11.3 Å². The third kappa shape index (κ3) is 3.22. The molecular formula is C11H13N3O2S2. The highest BCUT2D eigenvalue weighted by Gasteiger charge is 2.09. The molecule has 96 valence electrons. The summed E-state index contributed by atoms with van der Waals surface area (Å²) in [5, 5.41) is 10.2. The van der Waals surface area contributed by atoms with E-state index < -0.39 is 10.0 Å². The molecule has 1 heterocycles. The third-order valence-corrected chi connectivity index (χ3v) is 4.07. The van der Waals surface area contributed by atoms with Crippen molar-refractivity contribution in [3.8, 4) is 0 Å². The van der Waals surface area contributed by atoms with E-state index in [-0.39, 0.29) is 4.90 Å². The Hall–Kier alpha value is -1.57. The van der Waals surface area contributed by atoms with Crippen LogP contribution in [0.15, 0.2) is 40.6 Å². The van der Waals surface area contributed by atoms with Gasteiger partial charge in [0.25, 0.3) is 0 Å². The van der Waals surface area contributed by atoms with Gasteiger partial charge in [-0.05, 0) is 29.6 Å². The number of hydrogen-bond donors (Lipinski definition) is 3. The van der Waals surface area contributed by atoms with Crippen molar-refractivity contribution in [1.29, 1.82) is 0 Å². The SMILES string of the molecule is Nc1cc(NCc2cccs2)cc(S(N)(=O)=O)c1. The van der Waals surface area contributed by atoms with Crippen LogP contribution < -0.4 is 16.2 Å². The number of nitrogen functional groups attached to an aromatic ring is 1. The molecule has 0 radical (unpaired) electrons. The van der Waals surface area contributed by atoms with Gasteiger partial charge in [0, 0.05) is 22.8 Å². The Kier molecular flexibility index (Phi) is 3.55. The molecule has 0 aliphatic rings. The Morgan fingerprint density at radius 3 is 2.67 bits per heavy atom. The van der Waals surface area contributed by atoms with Crippen LogP contribution in [-0.4, -0.2) is 8.42 Å². The molecule has 0 unspecified atom stereocenters. The number of nitrogens with two attached hydrogens (primary N) is 2. The molecule has 0 saturated carbocycles. The van der Waals surface area contributed by atoms with Crippen LogP contribution in [0.4, 0.5) is 11.4 Å². The van der Waals surface area contributed by atoms with Gasteiger partial charge in [0.2, 0.25) is 10.0 Å². The number of hydrogen-bond acceptors (Lipinski definition) is 5. The van der Waals surface area contributed by atoms with E-state index in [4.69, 9.17) is 10.9 Å². The molecule has 2 rings (SSSR count). The highest BCUT2D eigenvalue weighted by molar-refractivity contribution is 7.89. The van der Waals surface area contributed by atoms with Crippen LogP contribution in [0.1, 0.15) is 4.88 Å². The Morgan fingerprint density at radius 2 is 2.06 bits per heavy atom. The van der Waals surface area contributed by atoms with Gasteiger partial charge in [-0.25, -0.2) is 13.6 Å². The molecule has 0 aliphatic heterocycles. The number of thiophene rings is 1. The Balaban J connectivity index is 2.21. The van der Waals surface area contributed by atoms with Crippen molar-refractivity contribution in [2.75, 3.05) is 11.1 Å². The molecule has 7 heteroatoms. The summed E-state index contributed by atoms with van der Waals surface area (Å²) in [6.45, 7) is 0.616.